The zero-order valence-electron chi connectivity index (χ0n) is 25.8. The predicted molar refractivity (Wildman–Crippen MR) is 173 cm³/mol. The van der Waals surface area contributed by atoms with Crippen molar-refractivity contribution in [3.8, 4) is 29.6 Å². The number of piperazine rings is 1. The number of aromatic nitrogens is 3. The number of alkyl halides is 1. The number of benzene rings is 2. The van der Waals surface area contributed by atoms with Gasteiger partial charge in [-0.3, -0.25) is 14.7 Å². The maximum absolute atomic E-state index is 16.8. The Kier molecular flexibility index (Phi) is 7.10. The first-order chi connectivity index (χ1) is 22.8. The van der Waals surface area contributed by atoms with Crippen molar-refractivity contribution in [2.45, 2.75) is 55.9 Å². The molecule has 2 aromatic carbocycles. The molecule has 4 aliphatic heterocycles. The molecule has 4 atom stereocenters. The molecular weight excluding hydrogens is 605 g/mol. The molecule has 4 fully saturated rings. The third kappa shape index (κ3) is 4.72. The molecule has 0 N–H and O–H groups in total. The van der Waals surface area contributed by atoms with Gasteiger partial charge in [-0.25, -0.2) is 13.2 Å². The van der Waals surface area contributed by atoms with Gasteiger partial charge in [0.05, 0.1) is 16.5 Å². The predicted octanol–water partition coefficient (Wildman–Crippen LogP) is 5.43. The Bertz CT molecular complexity index is 1980. The Morgan fingerprint density at radius 1 is 1.15 bits per heavy atom. The fraction of sp³-hybridized carbons (Fsp3) is 0.389. The second kappa shape index (κ2) is 11.2. The Hall–Kier alpha value is -4.69. The number of carbonyl (C=O) groups excluding carboxylic acids is 1. The van der Waals surface area contributed by atoms with Gasteiger partial charge in [-0.15, -0.1) is 6.42 Å². The van der Waals surface area contributed by atoms with Crippen LogP contribution in [0.15, 0.2) is 49.2 Å². The third-order valence-electron chi connectivity index (χ3n) is 10.5. The van der Waals surface area contributed by atoms with Gasteiger partial charge < -0.3 is 14.5 Å². The number of ether oxygens (including phenoxy) is 1. The van der Waals surface area contributed by atoms with Gasteiger partial charge in [0.1, 0.15) is 35.6 Å². The van der Waals surface area contributed by atoms with Gasteiger partial charge in [-0.1, -0.05) is 36.8 Å². The molecule has 2 aromatic heterocycles. The molecule has 0 unspecified atom stereocenters. The number of terminal acetylenes is 1. The summed E-state index contributed by atoms with van der Waals surface area (Å²) >= 11 is 0. The molecule has 0 saturated carbocycles. The van der Waals surface area contributed by atoms with E-state index < -0.39 is 23.3 Å². The van der Waals surface area contributed by atoms with Gasteiger partial charge in [0.25, 0.3) is 0 Å². The maximum atomic E-state index is 16.8. The number of carbonyl (C=O) groups is 1. The Balaban J connectivity index is 1.25. The average Bonchev–Trinajstić information content (AvgIpc) is 3.69. The second-order valence-corrected chi connectivity index (χ2v) is 13.1. The molecule has 6 heterocycles. The van der Waals surface area contributed by atoms with Gasteiger partial charge in [0, 0.05) is 55.3 Å². The molecule has 8 nitrogen and oxygen atoms in total. The maximum Gasteiger partial charge on any atom is 0.319 e. The van der Waals surface area contributed by atoms with E-state index in [1.807, 2.05) is 9.80 Å². The van der Waals surface area contributed by atoms with E-state index in [4.69, 9.17) is 16.1 Å². The summed E-state index contributed by atoms with van der Waals surface area (Å²) in [5.74, 6) is 1.47. The van der Waals surface area contributed by atoms with Crippen molar-refractivity contribution >= 4 is 33.4 Å². The molecule has 8 rings (SSSR count). The van der Waals surface area contributed by atoms with E-state index in [-0.39, 0.29) is 47.4 Å². The van der Waals surface area contributed by atoms with Gasteiger partial charge in [0.2, 0.25) is 5.91 Å². The molecule has 2 bridgehead atoms. The number of nitrogens with zero attached hydrogens (tertiary/aromatic N) is 6. The highest BCUT2D eigenvalue weighted by Crippen LogP contribution is 2.42. The van der Waals surface area contributed by atoms with Gasteiger partial charge in [0.15, 0.2) is 5.82 Å². The van der Waals surface area contributed by atoms with Crippen LogP contribution in [0.2, 0.25) is 0 Å². The zero-order chi connectivity index (χ0) is 32.4. The quantitative estimate of drug-likeness (QED) is 0.206. The van der Waals surface area contributed by atoms with Crippen LogP contribution >= 0.6 is 0 Å². The van der Waals surface area contributed by atoms with Crippen molar-refractivity contribution in [2.24, 2.45) is 0 Å². The Morgan fingerprint density at radius 2 is 1.96 bits per heavy atom. The molecule has 47 heavy (non-hydrogen) atoms. The minimum absolute atomic E-state index is 0.00169. The second-order valence-electron chi connectivity index (χ2n) is 13.1. The van der Waals surface area contributed by atoms with Crippen LogP contribution in [-0.4, -0.2) is 87.2 Å². The standard InChI is InChI=1S/C36H33F3N6O2/c1-3-25-28(38)12-9-21-7-5-8-26(30(21)25)32-31(39)33-27(16-40-32)34(43-18-23-10-11-24(19-43)45(23)29(46)4-2)42-35(41-33)47-20-36-13-6-14-44(36)17-22(37)15-36/h1,4-5,7-9,12,16,22-24H,2,6,10-11,13-15,17-20H2/t22-,23-,24+,36+/m1/s1. The van der Waals surface area contributed by atoms with E-state index in [1.165, 1.54) is 18.3 Å². The van der Waals surface area contributed by atoms with Crippen LogP contribution in [0.5, 0.6) is 6.01 Å². The SMILES string of the molecule is C#Cc1c(F)ccc2cccc(-c3ncc4c(N5C[C@H]6CC[C@@H](C5)N6C(=O)C=C)nc(OC[C@@]56CCCN5C[C@H](F)C6)nc4c3F)c12. The first kappa shape index (κ1) is 29.7. The van der Waals surface area contributed by atoms with Crippen molar-refractivity contribution in [3.63, 3.8) is 0 Å². The lowest BCUT2D eigenvalue weighted by atomic mass is 9.95. The molecular formula is C36H33F3N6O2. The zero-order valence-corrected chi connectivity index (χ0v) is 25.8. The lowest BCUT2D eigenvalue weighted by Crippen LogP contribution is -2.55. The van der Waals surface area contributed by atoms with E-state index in [1.54, 1.807) is 24.3 Å². The van der Waals surface area contributed by atoms with Gasteiger partial charge in [-0.2, -0.15) is 9.97 Å². The summed E-state index contributed by atoms with van der Waals surface area (Å²) in [7, 11) is 0. The summed E-state index contributed by atoms with van der Waals surface area (Å²) in [6.07, 6.45) is 11.4. The van der Waals surface area contributed by atoms with Crippen molar-refractivity contribution in [2.75, 3.05) is 37.7 Å². The highest BCUT2D eigenvalue weighted by Gasteiger charge is 2.49. The van der Waals surface area contributed by atoms with Gasteiger partial charge in [-0.05, 0) is 49.8 Å². The van der Waals surface area contributed by atoms with Crippen LogP contribution in [0.4, 0.5) is 19.0 Å². The number of amides is 1. The average molecular weight is 639 g/mol. The highest BCUT2D eigenvalue weighted by molar-refractivity contribution is 6.02. The summed E-state index contributed by atoms with van der Waals surface area (Å²) in [5, 5.41) is 1.42. The summed E-state index contributed by atoms with van der Waals surface area (Å²) < 4.78 is 52.4. The Morgan fingerprint density at radius 3 is 2.72 bits per heavy atom. The largest absolute Gasteiger partial charge is 0.461 e. The molecule has 0 radical (unpaired) electrons. The number of rotatable bonds is 6. The lowest BCUT2D eigenvalue weighted by Gasteiger charge is -2.41. The van der Waals surface area contributed by atoms with E-state index in [9.17, 15) is 13.6 Å². The third-order valence-corrected chi connectivity index (χ3v) is 10.5. The van der Waals surface area contributed by atoms with E-state index in [0.29, 0.717) is 53.6 Å². The molecule has 4 saturated heterocycles. The molecule has 11 heteroatoms. The fourth-order valence-electron chi connectivity index (χ4n) is 8.40. The fourth-order valence-corrected chi connectivity index (χ4v) is 8.40. The van der Waals surface area contributed by atoms with Crippen molar-refractivity contribution in [1.82, 2.24) is 24.8 Å². The van der Waals surface area contributed by atoms with Crippen molar-refractivity contribution in [1.29, 1.82) is 0 Å². The lowest BCUT2D eigenvalue weighted by molar-refractivity contribution is -0.129. The van der Waals surface area contributed by atoms with E-state index in [0.717, 1.165) is 32.2 Å². The summed E-state index contributed by atoms with van der Waals surface area (Å²) in [5.41, 5.74) is -0.115. The Labute approximate surface area is 270 Å². The van der Waals surface area contributed by atoms with Crippen LogP contribution in [0.1, 0.15) is 37.7 Å². The van der Waals surface area contributed by atoms with Gasteiger partial charge >= 0.3 is 6.01 Å². The molecule has 0 spiro atoms. The number of anilines is 1. The normalized spacial score (nSPS) is 25.4. The van der Waals surface area contributed by atoms with E-state index >= 15 is 4.39 Å². The molecule has 1 amide bonds. The number of hydrogen-bond donors (Lipinski definition) is 0. The van der Waals surface area contributed by atoms with Crippen molar-refractivity contribution in [3.05, 3.63) is 66.4 Å². The van der Waals surface area contributed by atoms with Crippen LogP contribution in [0.25, 0.3) is 32.9 Å². The summed E-state index contributed by atoms with van der Waals surface area (Å²) in [6.45, 7) is 6.00. The molecule has 0 aliphatic carbocycles. The van der Waals surface area contributed by atoms with E-state index in [2.05, 4.69) is 27.4 Å². The molecule has 240 valence electrons. The highest BCUT2D eigenvalue weighted by atomic mass is 19.1. The minimum Gasteiger partial charge on any atom is -0.461 e. The molecule has 4 aliphatic rings. The number of hydrogen-bond acceptors (Lipinski definition) is 7. The monoisotopic (exact) mass is 638 g/mol. The summed E-state index contributed by atoms with van der Waals surface area (Å²) in [4.78, 5) is 32.7. The van der Waals surface area contributed by atoms with Crippen LogP contribution in [0, 0.1) is 24.0 Å². The van der Waals surface area contributed by atoms with Crippen LogP contribution in [-0.2, 0) is 4.79 Å². The summed E-state index contributed by atoms with van der Waals surface area (Å²) in [6, 6.07) is 7.96. The number of halogens is 3. The topological polar surface area (TPSA) is 74.7 Å². The number of fused-ring (bicyclic) bond motifs is 5. The van der Waals surface area contributed by atoms with Crippen molar-refractivity contribution < 1.29 is 22.7 Å². The van der Waals surface area contributed by atoms with Crippen LogP contribution in [0.3, 0.4) is 0 Å². The smallest absolute Gasteiger partial charge is 0.319 e. The molecule has 4 aromatic rings. The van der Waals surface area contributed by atoms with Crippen LogP contribution < -0.4 is 9.64 Å². The minimum atomic E-state index is -0.929. The number of pyridine rings is 1. The first-order valence-corrected chi connectivity index (χ1v) is 16.1. The first-order valence-electron chi connectivity index (χ1n) is 16.1.